The first-order valence-corrected chi connectivity index (χ1v) is 8.90. The van der Waals surface area contributed by atoms with Crippen molar-refractivity contribution in [1.29, 1.82) is 0 Å². The van der Waals surface area contributed by atoms with E-state index in [0.717, 1.165) is 5.92 Å². The number of allylic oxidation sites excluding steroid dienone is 2. The van der Waals surface area contributed by atoms with Gasteiger partial charge in [-0.05, 0) is 49.4 Å². The SMILES string of the molecule is C[N+]1=C(/C=C/C2CCCC2)C(C)(C)c2c1ccc1ccccc21. The molecule has 0 atom stereocenters. The molecule has 4 rings (SSSR count). The normalized spacial score (nSPS) is 20.8. The second kappa shape index (κ2) is 5.33. The molecule has 1 heteroatoms. The average Bonchev–Trinajstić information content (AvgIpc) is 3.12. The van der Waals surface area contributed by atoms with Crippen LogP contribution in [0.5, 0.6) is 0 Å². The predicted octanol–water partition coefficient (Wildman–Crippen LogP) is 5.59. The van der Waals surface area contributed by atoms with Gasteiger partial charge < -0.3 is 0 Å². The molecule has 118 valence electrons. The van der Waals surface area contributed by atoms with Crippen molar-refractivity contribution in [1.82, 2.24) is 0 Å². The Kier molecular flexibility index (Phi) is 3.41. The lowest BCUT2D eigenvalue weighted by Gasteiger charge is -2.17. The summed E-state index contributed by atoms with van der Waals surface area (Å²) in [5.74, 6) is 0.784. The van der Waals surface area contributed by atoms with E-state index in [1.807, 2.05) is 0 Å². The van der Waals surface area contributed by atoms with Crippen LogP contribution < -0.4 is 0 Å². The predicted molar refractivity (Wildman–Crippen MR) is 98.9 cm³/mol. The fourth-order valence-electron chi connectivity index (χ4n) is 4.57. The van der Waals surface area contributed by atoms with E-state index in [1.165, 1.54) is 53.4 Å². The summed E-state index contributed by atoms with van der Waals surface area (Å²) < 4.78 is 2.40. The Labute approximate surface area is 139 Å². The minimum atomic E-state index is 0.0556. The molecule has 0 amide bonds. The van der Waals surface area contributed by atoms with E-state index in [9.17, 15) is 0 Å². The van der Waals surface area contributed by atoms with Crippen molar-refractivity contribution < 1.29 is 4.58 Å². The second-order valence-corrected chi connectivity index (χ2v) is 7.65. The minimum Gasteiger partial charge on any atom is -0.198 e. The summed E-state index contributed by atoms with van der Waals surface area (Å²) in [4.78, 5) is 0. The smallest absolute Gasteiger partial charge is 0.198 e. The Hall–Kier alpha value is -1.89. The van der Waals surface area contributed by atoms with Gasteiger partial charge in [0, 0.05) is 17.7 Å². The molecule has 0 N–H and O–H groups in total. The maximum Gasteiger partial charge on any atom is 0.210 e. The zero-order valence-corrected chi connectivity index (χ0v) is 14.5. The van der Waals surface area contributed by atoms with Gasteiger partial charge in [0.15, 0.2) is 5.71 Å². The van der Waals surface area contributed by atoms with Gasteiger partial charge in [0.1, 0.15) is 7.05 Å². The minimum absolute atomic E-state index is 0.0556. The molecule has 2 aromatic rings. The van der Waals surface area contributed by atoms with Crippen molar-refractivity contribution in [3.63, 3.8) is 0 Å². The number of hydrogen-bond donors (Lipinski definition) is 0. The summed E-state index contributed by atoms with van der Waals surface area (Å²) in [5, 5.41) is 2.74. The molecule has 23 heavy (non-hydrogen) atoms. The van der Waals surface area contributed by atoms with Crippen molar-refractivity contribution in [2.24, 2.45) is 5.92 Å². The summed E-state index contributed by atoms with van der Waals surface area (Å²) in [6.07, 6.45) is 10.4. The highest BCUT2D eigenvalue weighted by Gasteiger charge is 2.44. The van der Waals surface area contributed by atoms with E-state index in [2.05, 4.69) is 74.0 Å². The maximum atomic E-state index is 2.47. The Morgan fingerprint density at radius 3 is 2.57 bits per heavy atom. The highest BCUT2D eigenvalue weighted by Crippen LogP contribution is 2.43. The standard InChI is InChI=1S/C22H26N/c1-22(2)20(15-12-16-8-4-5-9-16)23(3)19-14-13-17-10-6-7-11-18(17)21(19)22/h6-7,10-16H,4-5,8-9H2,1-3H3/q+1/b15-12+. The van der Waals surface area contributed by atoms with Gasteiger partial charge in [0.25, 0.3) is 0 Å². The third-order valence-electron chi connectivity index (χ3n) is 5.82. The fraction of sp³-hybridized carbons (Fsp3) is 0.409. The summed E-state index contributed by atoms with van der Waals surface area (Å²) in [5.41, 5.74) is 4.32. The summed E-state index contributed by atoms with van der Waals surface area (Å²) in [7, 11) is 2.22. The van der Waals surface area contributed by atoms with Gasteiger partial charge in [-0.3, -0.25) is 0 Å². The van der Waals surface area contributed by atoms with Gasteiger partial charge in [0.2, 0.25) is 5.69 Å². The van der Waals surface area contributed by atoms with Crippen LogP contribution in [-0.4, -0.2) is 17.3 Å². The first kappa shape index (κ1) is 14.7. The average molecular weight is 304 g/mol. The van der Waals surface area contributed by atoms with Crippen LogP contribution in [0.15, 0.2) is 48.6 Å². The Morgan fingerprint density at radius 1 is 1.04 bits per heavy atom. The van der Waals surface area contributed by atoms with Gasteiger partial charge in [-0.15, -0.1) is 0 Å². The Balaban J connectivity index is 1.82. The first-order valence-electron chi connectivity index (χ1n) is 8.90. The topological polar surface area (TPSA) is 3.01 Å². The van der Waals surface area contributed by atoms with Crippen LogP contribution in [0.25, 0.3) is 10.8 Å². The molecule has 1 saturated carbocycles. The van der Waals surface area contributed by atoms with Crippen LogP contribution in [0.1, 0.15) is 45.1 Å². The zero-order valence-electron chi connectivity index (χ0n) is 14.5. The van der Waals surface area contributed by atoms with E-state index in [1.54, 1.807) is 0 Å². The molecule has 0 aromatic heterocycles. The molecule has 1 heterocycles. The lowest BCUT2D eigenvalue weighted by atomic mass is 9.79. The molecule has 1 aliphatic carbocycles. The van der Waals surface area contributed by atoms with E-state index < -0.39 is 0 Å². The largest absolute Gasteiger partial charge is 0.210 e. The van der Waals surface area contributed by atoms with Crippen molar-refractivity contribution in [2.45, 2.75) is 44.9 Å². The van der Waals surface area contributed by atoms with Crippen LogP contribution in [-0.2, 0) is 5.41 Å². The first-order chi connectivity index (χ1) is 11.1. The molecular weight excluding hydrogens is 278 g/mol. The summed E-state index contributed by atoms with van der Waals surface area (Å²) >= 11 is 0. The van der Waals surface area contributed by atoms with Crippen LogP contribution in [0.3, 0.4) is 0 Å². The second-order valence-electron chi connectivity index (χ2n) is 7.65. The molecule has 2 aromatic carbocycles. The lowest BCUT2D eigenvalue weighted by Crippen LogP contribution is -2.27. The van der Waals surface area contributed by atoms with Gasteiger partial charge in [0.05, 0.1) is 5.41 Å². The van der Waals surface area contributed by atoms with Crippen LogP contribution >= 0.6 is 0 Å². The highest BCUT2D eigenvalue weighted by molar-refractivity contribution is 6.07. The molecule has 0 unspecified atom stereocenters. The molecule has 0 spiro atoms. The highest BCUT2D eigenvalue weighted by atomic mass is 15.0. The molecule has 0 radical (unpaired) electrons. The van der Waals surface area contributed by atoms with Gasteiger partial charge in [-0.2, -0.15) is 4.58 Å². The number of hydrogen-bond acceptors (Lipinski definition) is 0. The zero-order chi connectivity index (χ0) is 16.0. The Bertz CT molecular complexity index is 817. The number of benzene rings is 2. The van der Waals surface area contributed by atoms with E-state index in [-0.39, 0.29) is 5.41 Å². The summed E-state index contributed by atoms with van der Waals surface area (Å²) in [6, 6.07) is 13.3. The van der Waals surface area contributed by atoms with Gasteiger partial charge in [-0.1, -0.05) is 43.2 Å². The molecule has 0 saturated heterocycles. The molecule has 0 bridgehead atoms. The number of fused-ring (bicyclic) bond motifs is 3. The quantitative estimate of drug-likeness (QED) is 0.636. The van der Waals surface area contributed by atoms with Crippen molar-refractivity contribution in [3.05, 3.63) is 54.1 Å². The monoisotopic (exact) mass is 304 g/mol. The molecule has 2 aliphatic rings. The lowest BCUT2D eigenvalue weighted by molar-refractivity contribution is -0.401. The van der Waals surface area contributed by atoms with Gasteiger partial charge >= 0.3 is 0 Å². The van der Waals surface area contributed by atoms with Gasteiger partial charge in [-0.25, -0.2) is 0 Å². The van der Waals surface area contributed by atoms with Crippen LogP contribution in [0.2, 0.25) is 0 Å². The van der Waals surface area contributed by atoms with E-state index in [4.69, 9.17) is 0 Å². The summed E-state index contributed by atoms with van der Waals surface area (Å²) in [6.45, 7) is 4.74. The number of rotatable bonds is 2. The molecular formula is C22H26N+. The Morgan fingerprint density at radius 2 is 1.78 bits per heavy atom. The van der Waals surface area contributed by atoms with Crippen molar-refractivity contribution >= 4 is 22.2 Å². The number of nitrogens with zero attached hydrogens (tertiary/aromatic N) is 1. The maximum absolute atomic E-state index is 2.47. The van der Waals surface area contributed by atoms with E-state index >= 15 is 0 Å². The third-order valence-corrected chi connectivity index (χ3v) is 5.82. The van der Waals surface area contributed by atoms with Crippen LogP contribution in [0.4, 0.5) is 5.69 Å². The van der Waals surface area contributed by atoms with Crippen LogP contribution in [0, 0.1) is 5.92 Å². The molecule has 1 nitrogen and oxygen atoms in total. The third kappa shape index (κ3) is 2.25. The molecule has 1 aliphatic heterocycles. The molecule has 1 fully saturated rings. The van der Waals surface area contributed by atoms with E-state index in [0.29, 0.717) is 0 Å². The fourth-order valence-corrected chi connectivity index (χ4v) is 4.57. The van der Waals surface area contributed by atoms with Crippen molar-refractivity contribution in [3.8, 4) is 0 Å². The van der Waals surface area contributed by atoms with Crippen molar-refractivity contribution in [2.75, 3.05) is 7.05 Å².